The molecule has 0 aliphatic carbocycles. The van der Waals surface area contributed by atoms with Gasteiger partial charge in [0.05, 0.1) is 29.5 Å². The van der Waals surface area contributed by atoms with E-state index >= 15 is 0 Å². The van der Waals surface area contributed by atoms with Crippen LogP contribution in [0.1, 0.15) is 29.7 Å². The number of fused-ring (bicyclic) bond motifs is 2. The van der Waals surface area contributed by atoms with Crippen molar-refractivity contribution < 1.29 is 14.3 Å². The van der Waals surface area contributed by atoms with Crippen LogP contribution >= 0.6 is 11.3 Å². The van der Waals surface area contributed by atoms with Gasteiger partial charge in [-0.1, -0.05) is 78.1 Å². The lowest BCUT2D eigenvalue weighted by atomic mass is 9.89. The molecule has 0 amide bonds. The van der Waals surface area contributed by atoms with Crippen molar-refractivity contribution in [3.05, 3.63) is 133 Å². The van der Waals surface area contributed by atoms with Crippen molar-refractivity contribution >= 4 is 39.9 Å². The molecule has 1 aliphatic heterocycles. The molecule has 3 heterocycles. The molecule has 2 aromatic heterocycles. The van der Waals surface area contributed by atoms with Crippen molar-refractivity contribution in [2.75, 3.05) is 13.7 Å². The Labute approximate surface area is 234 Å². The lowest BCUT2D eigenvalue weighted by Gasteiger charge is -2.28. The molecule has 198 valence electrons. The first-order chi connectivity index (χ1) is 19.6. The third kappa shape index (κ3) is 4.42. The second-order valence-corrected chi connectivity index (χ2v) is 10.1. The zero-order valence-corrected chi connectivity index (χ0v) is 22.7. The van der Waals surface area contributed by atoms with Gasteiger partial charge in [0.25, 0.3) is 5.56 Å². The highest BCUT2D eigenvalue weighted by atomic mass is 32.1. The highest BCUT2D eigenvalue weighted by Gasteiger charge is 2.37. The van der Waals surface area contributed by atoms with Crippen LogP contribution in [0.15, 0.2) is 107 Å². The molecule has 0 saturated carbocycles. The second-order valence-electron chi connectivity index (χ2n) is 9.12. The zero-order valence-electron chi connectivity index (χ0n) is 21.9. The molecule has 7 nitrogen and oxygen atoms in total. The van der Waals surface area contributed by atoms with E-state index in [0.29, 0.717) is 26.3 Å². The van der Waals surface area contributed by atoms with Crippen LogP contribution in [0.5, 0.6) is 5.75 Å². The summed E-state index contributed by atoms with van der Waals surface area (Å²) in [5.41, 5.74) is 2.72. The average molecular weight is 548 g/mol. The van der Waals surface area contributed by atoms with Gasteiger partial charge in [0.2, 0.25) is 0 Å². The number of rotatable bonds is 6. The van der Waals surface area contributed by atoms with Crippen LogP contribution in [0.25, 0.3) is 22.5 Å². The van der Waals surface area contributed by atoms with Crippen molar-refractivity contribution in [3.8, 4) is 5.75 Å². The van der Waals surface area contributed by atoms with E-state index in [0.717, 1.165) is 21.9 Å². The summed E-state index contributed by atoms with van der Waals surface area (Å²) in [6.07, 6.45) is 5.18. The first kappa shape index (κ1) is 25.5. The first-order valence-corrected chi connectivity index (χ1v) is 13.7. The number of ether oxygens (including phenoxy) is 2. The van der Waals surface area contributed by atoms with E-state index in [1.54, 1.807) is 37.1 Å². The summed E-state index contributed by atoms with van der Waals surface area (Å²) in [6, 6.07) is 24.1. The predicted octanol–water partition coefficient (Wildman–Crippen LogP) is 4.49. The summed E-state index contributed by atoms with van der Waals surface area (Å²) < 4.78 is 13.5. The van der Waals surface area contributed by atoms with Gasteiger partial charge in [-0.3, -0.25) is 14.3 Å². The standard InChI is InChI=1S/C32H25N3O4S/c1-3-39-31(37)27-28(22-12-5-4-6-13-22)34-32-35(30(36)25(40-32)18-20-10-9-17-33-19-20)29(27)26-23-14-8-7-11-21(23)15-16-24(26)38-2/h4-19,29H,3H2,1-2H3/b25-18-. The molecule has 1 aliphatic rings. The topological polar surface area (TPSA) is 82.8 Å². The van der Waals surface area contributed by atoms with E-state index in [-0.39, 0.29) is 17.7 Å². The smallest absolute Gasteiger partial charge is 0.338 e. The molecule has 0 saturated heterocycles. The van der Waals surface area contributed by atoms with Gasteiger partial charge < -0.3 is 9.47 Å². The largest absolute Gasteiger partial charge is 0.496 e. The molecule has 1 unspecified atom stereocenters. The molecule has 0 fully saturated rings. The van der Waals surface area contributed by atoms with E-state index in [1.165, 1.54) is 11.3 Å². The number of pyridine rings is 1. The van der Waals surface area contributed by atoms with E-state index in [1.807, 2.05) is 78.9 Å². The normalized spacial score (nSPS) is 15.1. The zero-order chi connectivity index (χ0) is 27.6. The molecule has 5 aromatic rings. The summed E-state index contributed by atoms with van der Waals surface area (Å²) in [6.45, 7) is 1.94. The number of hydrogen-bond acceptors (Lipinski definition) is 7. The highest BCUT2D eigenvalue weighted by Crippen LogP contribution is 2.42. The number of esters is 1. The average Bonchev–Trinajstić information content (AvgIpc) is 3.31. The molecule has 0 bridgehead atoms. The highest BCUT2D eigenvalue weighted by molar-refractivity contribution is 7.07. The molecular weight excluding hydrogens is 522 g/mol. The van der Waals surface area contributed by atoms with Crippen molar-refractivity contribution in [1.82, 2.24) is 9.55 Å². The Kier molecular flexibility index (Phi) is 6.84. The number of hydrogen-bond donors (Lipinski definition) is 0. The van der Waals surface area contributed by atoms with Gasteiger partial charge in [-0.05, 0) is 41.5 Å². The summed E-state index contributed by atoms with van der Waals surface area (Å²) in [5.74, 6) is 0.0216. The van der Waals surface area contributed by atoms with Gasteiger partial charge in [0.15, 0.2) is 4.80 Å². The van der Waals surface area contributed by atoms with Gasteiger partial charge in [-0.2, -0.15) is 0 Å². The van der Waals surface area contributed by atoms with Gasteiger partial charge in [-0.15, -0.1) is 0 Å². The minimum atomic E-state index is -0.845. The number of methoxy groups -OCH3 is 1. The molecule has 0 N–H and O–H groups in total. The van der Waals surface area contributed by atoms with Gasteiger partial charge >= 0.3 is 5.97 Å². The van der Waals surface area contributed by atoms with Crippen LogP contribution < -0.4 is 19.6 Å². The van der Waals surface area contributed by atoms with Crippen LogP contribution in [-0.2, 0) is 9.53 Å². The van der Waals surface area contributed by atoms with Gasteiger partial charge in [0.1, 0.15) is 11.8 Å². The lowest BCUT2D eigenvalue weighted by molar-refractivity contribution is -0.138. The maximum atomic E-state index is 14.2. The maximum absolute atomic E-state index is 14.2. The van der Waals surface area contributed by atoms with Gasteiger partial charge in [0, 0.05) is 23.5 Å². The molecule has 3 aromatic carbocycles. The summed E-state index contributed by atoms with van der Waals surface area (Å²) in [5, 5.41) is 1.82. The monoisotopic (exact) mass is 547 g/mol. The SMILES string of the molecule is CCOC(=O)C1=C(c2ccccc2)N=c2s/c(=C\c3cccnc3)c(=O)n2C1c1c(OC)ccc2ccccc12. The molecule has 40 heavy (non-hydrogen) atoms. The maximum Gasteiger partial charge on any atom is 0.338 e. The number of carbonyl (C=O) groups is 1. The molecule has 0 radical (unpaired) electrons. The summed E-state index contributed by atoms with van der Waals surface area (Å²) in [4.78, 5) is 37.5. The molecule has 1 atom stereocenters. The molecule has 8 heteroatoms. The Bertz CT molecular complexity index is 1940. The number of nitrogens with zero attached hydrogens (tertiary/aromatic N) is 3. The first-order valence-electron chi connectivity index (χ1n) is 12.8. The van der Waals surface area contributed by atoms with Gasteiger partial charge in [-0.25, -0.2) is 9.79 Å². The lowest BCUT2D eigenvalue weighted by Crippen LogP contribution is -2.40. The number of thiazole rings is 1. The van der Waals surface area contributed by atoms with Crippen molar-refractivity contribution in [2.24, 2.45) is 4.99 Å². The summed E-state index contributed by atoms with van der Waals surface area (Å²) in [7, 11) is 1.59. The Balaban J connectivity index is 1.76. The Morgan fingerprint density at radius 1 is 1.02 bits per heavy atom. The van der Waals surface area contributed by atoms with Crippen LogP contribution in [0.4, 0.5) is 0 Å². The van der Waals surface area contributed by atoms with Crippen LogP contribution in [0.2, 0.25) is 0 Å². The fourth-order valence-electron chi connectivity index (χ4n) is 5.06. The van der Waals surface area contributed by atoms with Crippen LogP contribution in [0, 0.1) is 0 Å². The van der Waals surface area contributed by atoms with Crippen LogP contribution in [-0.4, -0.2) is 29.2 Å². The van der Waals surface area contributed by atoms with E-state index in [4.69, 9.17) is 14.5 Å². The van der Waals surface area contributed by atoms with E-state index < -0.39 is 12.0 Å². The van der Waals surface area contributed by atoms with Crippen molar-refractivity contribution in [2.45, 2.75) is 13.0 Å². The molecule has 0 spiro atoms. The quantitative estimate of drug-likeness (QED) is 0.293. The van der Waals surface area contributed by atoms with E-state index in [2.05, 4.69) is 4.98 Å². The minimum absolute atomic E-state index is 0.176. The van der Waals surface area contributed by atoms with E-state index in [9.17, 15) is 9.59 Å². The molecule has 6 rings (SSSR count). The minimum Gasteiger partial charge on any atom is -0.496 e. The molecular formula is C32H25N3O4S. The Morgan fingerprint density at radius 3 is 2.58 bits per heavy atom. The third-order valence-corrected chi connectivity index (χ3v) is 7.76. The Morgan fingerprint density at radius 2 is 1.82 bits per heavy atom. The van der Waals surface area contributed by atoms with Crippen molar-refractivity contribution in [1.29, 1.82) is 0 Å². The number of carbonyl (C=O) groups excluding carboxylic acids is 1. The third-order valence-electron chi connectivity index (χ3n) is 6.78. The summed E-state index contributed by atoms with van der Waals surface area (Å²) >= 11 is 1.27. The second kappa shape index (κ2) is 10.7. The van der Waals surface area contributed by atoms with Crippen LogP contribution in [0.3, 0.4) is 0 Å². The fraction of sp³-hybridized carbons (Fsp3) is 0.125. The Hall–Kier alpha value is -4.82. The number of benzene rings is 3. The van der Waals surface area contributed by atoms with Crippen molar-refractivity contribution in [3.63, 3.8) is 0 Å². The predicted molar refractivity (Wildman–Crippen MR) is 156 cm³/mol. The number of aromatic nitrogens is 2. The fourth-order valence-corrected chi connectivity index (χ4v) is 6.06.